The Kier molecular flexibility index (Phi) is 5.58. The summed E-state index contributed by atoms with van der Waals surface area (Å²) in [5.41, 5.74) is 0. The number of nitrogens with one attached hydrogen (secondary N) is 1. The first-order valence-corrected chi connectivity index (χ1v) is 6.11. The predicted octanol–water partition coefficient (Wildman–Crippen LogP) is 1.34. The molecule has 0 aromatic carbocycles. The van der Waals surface area contributed by atoms with Crippen LogP contribution in [0.1, 0.15) is 26.7 Å². The van der Waals surface area contributed by atoms with E-state index in [2.05, 4.69) is 31.1 Å². The van der Waals surface area contributed by atoms with Gasteiger partial charge in [0.1, 0.15) is 0 Å². The number of rotatable bonds is 6. The maximum atomic E-state index is 5.67. The van der Waals surface area contributed by atoms with E-state index in [1.165, 1.54) is 12.8 Å². The first-order valence-electron chi connectivity index (χ1n) is 6.11. The summed E-state index contributed by atoms with van der Waals surface area (Å²) in [4.78, 5) is 2.44. The second-order valence-electron chi connectivity index (χ2n) is 4.94. The first kappa shape index (κ1) is 12.9. The highest BCUT2D eigenvalue weighted by Gasteiger charge is 2.23. The van der Waals surface area contributed by atoms with Gasteiger partial charge in [-0.3, -0.25) is 4.90 Å². The summed E-state index contributed by atoms with van der Waals surface area (Å²) in [6.45, 7) is 7.66. The van der Waals surface area contributed by atoms with Gasteiger partial charge in [0.2, 0.25) is 0 Å². The van der Waals surface area contributed by atoms with E-state index in [0.717, 1.165) is 19.7 Å². The van der Waals surface area contributed by atoms with Gasteiger partial charge in [0.15, 0.2) is 0 Å². The molecule has 1 rings (SSSR count). The van der Waals surface area contributed by atoms with Crippen molar-refractivity contribution >= 4 is 0 Å². The maximum absolute atomic E-state index is 5.67. The van der Waals surface area contributed by atoms with Crippen molar-refractivity contribution in [1.29, 1.82) is 0 Å². The topological polar surface area (TPSA) is 24.5 Å². The molecule has 0 aromatic heterocycles. The molecule has 0 saturated carbocycles. The molecule has 0 aliphatic carbocycles. The summed E-state index contributed by atoms with van der Waals surface area (Å²) >= 11 is 0. The van der Waals surface area contributed by atoms with E-state index in [9.17, 15) is 0 Å². The van der Waals surface area contributed by atoms with Crippen LogP contribution in [-0.4, -0.2) is 50.8 Å². The van der Waals surface area contributed by atoms with Crippen LogP contribution in [0.3, 0.4) is 0 Å². The zero-order valence-electron chi connectivity index (χ0n) is 10.6. The second kappa shape index (κ2) is 6.46. The van der Waals surface area contributed by atoms with E-state index in [4.69, 9.17) is 4.74 Å². The van der Waals surface area contributed by atoms with Gasteiger partial charge in [-0.15, -0.1) is 0 Å². The standard InChI is InChI=1S/C12H26N2O/c1-10(2)12(8-13-3)14(4)9-11-6-5-7-15-11/h10-13H,5-9H2,1-4H3. The van der Waals surface area contributed by atoms with E-state index in [1.54, 1.807) is 0 Å². The largest absolute Gasteiger partial charge is 0.377 e. The van der Waals surface area contributed by atoms with Gasteiger partial charge in [-0.25, -0.2) is 0 Å². The minimum atomic E-state index is 0.466. The van der Waals surface area contributed by atoms with Crippen LogP contribution >= 0.6 is 0 Å². The third-order valence-electron chi connectivity index (χ3n) is 3.26. The molecule has 15 heavy (non-hydrogen) atoms. The summed E-state index contributed by atoms with van der Waals surface area (Å²) in [5, 5.41) is 3.27. The van der Waals surface area contributed by atoms with Gasteiger partial charge in [0, 0.05) is 25.7 Å². The van der Waals surface area contributed by atoms with Crippen LogP contribution < -0.4 is 5.32 Å². The van der Waals surface area contributed by atoms with Crippen LogP contribution in [0.25, 0.3) is 0 Å². The normalized spacial score (nSPS) is 24.0. The summed E-state index contributed by atoms with van der Waals surface area (Å²) in [6, 6.07) is 0.610. The molecule has 0 aromatic rings. The molecule has 2 unspecified atom stereocenters. The average molecular weight is 214 g/mol. The molecule has 0 amide bonds. The van der Waals surface area contributed by atoms with E-state index >= 15 is 0 Å². The Balaban J connectivity index is 2.36. The van der Waals surface area contributed by atoms with Crippen molar-refractivity contribution < 1.29 is 4.74 Å². The molecule has 1 heterocycles. The van der Waals surface area contributed by atoms with E-state index in [0.29, 0.717) is 18.1 Å². The van der Waals surface area contributed by atoms with Gasteiger partial charge in [-0.05, 0) is 32.9 Å². The van der Waals surface area contributed by atoms with Crippen molar-refractivity contribution in [2.24, 2.45) is 5.92 Å². The van der Waals surface area contributed by atoms with Gasteiger partial charge in [-0.1, -0.05) is 13.8 Å². The molecule has 1 N–H and O–H groups in total. The number of ether oxygens (including phenoxy) is 1. The summed E-state index contributed by atoms with van der Waals surface area (Å²) in [6.07, 6.45) is 2.93. The molecule has 0 spiro atoms. The fourth-order valence-corrected chi connectivity index (χ4v) is 2.35. The Morgan fingerprint density at radius 3 is 2.67 bits per heavy atom. The SMILES string of the molecule is CNCC(C(C)C)N(C)CC1CCCO1. The molecule has 1 aliphatic heterocycles. The lowest BCUT2D eigenvalue weighted by molar-refractivity contribution is 0.0598. The second-order valence-corrected chi connectivity index (χ2v) is 4.94. The highest BCUT2D eigenvalue weighted by molar-refractivity contribution is 4.78. The quantitative estimate of drug-likeness (QED) is 0.722. The molecule has 1 fully saturated rings. The minimum absolute atomic E-state index is 0.466. The van der Waals surface area contributed by atoms with Crippen molar-refractivity contribution in [3.05, 3.63) is 0 Å². The van der Waals surface area contributed by atoms with Crippen molar-refractivity contribution in [3.63, 3.8) is 0 Å². The Hall–Kier alpha value is -0.120. The van der Waals surface area contributed by atoms with Crippen LogP contribution in [0.5, 0.6) is 0 Å². The van der Waals surface area contributed by atoms with Crippen molar-refractivity contribution in [2.75, 3.05) is 33.8 Å². The van der Waals surface area contributed by atoms with Crippen molar-refractivity contribution in [3.8, 4) is 0 Å². The van der Waals surface area contributed by atoms with Crippen LogP contribution in [0.15, 0.2) is 0 Å². The zero-order chi connectivity index (χ0) is 11.3. The van der Waals surface area contributed by atoms with Crippen molar-refractivity contribution in [2.45, 2.75) is 38.8 Å². The van der Waals surface area contributed by atoms with Crippen LogP contribution in [0.2, 0.25) is 0 Å². The molecule has 3 nitrogen and oxygen atoms in total. The third-order valence-corrected chi connectivity index (χ3v) is 3.26. The fourth-order valence-electron chi connectivity index (χ4n) is 2.35. The maximum Gasteiger partial charge on any atom is 0.0702 e. The Morgan fingerprint density at radius 1 is 1.47 bits per heavy atom. The van der Waals surface area contributed by atoms with Gasteiger partial charge in [0.25, 0.3) is 0 Å². The molecular weight excluding hydrogens is 188 g/mol. The molecule has 0 bridgehead atoms. The van der Waals surface area contributed by atoms with Crippen molar-refractivity contribution in [1.82, 2.24) is 10.2 Å². The van der Waals surface area contributed by atoms with E-state index in [-0.39, 0.29) is 0 Å². The molecule has 2 atom stereocenters. The number of nitrogens with zero attached hydrogens (tertiary/aromatic N) is 1. The van der Waals surface area contributed by atoms with E-state index in [1.807, 2.05) is 7.05 Å². The molecule has 90 valence electrons. The summed E-state index contributed by atoms with van der Waals surface area (Å²) < 4.78 is 5.67. The molecule has 3 heteroatoms. The Bertz CT molecular complexity index is 167. The highest BCUT2D eigenvalue weighted by Crippen LogP contribution is 2.16. The number of hydrogen-bond acceptors (Lipinski definition) is 3. The zero-order valence-corrected chi connectivity index (χ0v) is 10.6. The summed E-state index contributed by atoms with van der Waals surface area (Å²) in [7, 11) is 4.24. The summed E-state index contributed by atoms with van der Waals surface area (Å²) in [5.74, 6) is 0.684. The van der Waals surface area contributed by atoms with Gasteiger partial charge < -0.3 is 10.1 Å². The lowest BCUT2D eigenvalue weighted by atomic mass is 10.0. The van der Waals surface area contributed by atoms with Gasteiger partial charge in [-0.2, -0.15) is 0 Å². The smallest absolute Gasteiger partial charge is 0.0702 e. The average Bonchev–Trinajstić information content (AvgIpc) is 2.65. The van der Waals surface area contributed by atoms with E-state index < -0.39 is 0 Å². The van der Waals surface area contributed by atoms with Crippen LogP contribution in [-0.2, 0) is 4.74 Å². The van der Waals surface area contributed by atoms with Gasteiger partial charge in [0.05, 0.1) is 6.10 Å². The third kappa shape index (κ3) is 4.09. The van der Waals surface area contributed by atoms with Crippen LogP contribution in [0.4, 0.5) is 0 Å². The lowest BCUT2D eigenvalue weighted by Crippen LogP contribution is -2.45. The van der Waals surface area contributed by atoms with Crippen LogP contribution in [0, 0.1) is 5.92 Å². The Morgan fingerprint density at radius 2 is 2.20 bits per heavy atom. The molecule has 1 aliphatic rings. The predicted molar refractivity (Wildman–Crippen MR) is 64.2 cm³/mol. The Labute approximate surface area is 94.2 Å². The molecule has 1 saturated heterocycles. The highest BCUT2D eigenvalue weighted by atomic mass is 16.5. The number of hydrogen-bond donors (Lipinski definition) is 1. The molecule has 0 radical (unpaired) electrons. The monoisotopic (exact) mass is 214 g/mol. The fraction of sp³-hybridized carbons (Fsp3) is 1.00. The minimum Gasteiger partial charge on any atom is -0.377 e. The van der Waals surface area contributed by atoms with Gasteiger partial charge >= 0.3 is 0 Å². The lowest BCUT2D eigenvalue weighted by Gasteiger charge is -2.32. The molecular formula is C12H26N2O. The number of likely N-dealkylation sites (N-methyl/N-ethyl adjacent to an activating group) is 2. The first-order chi connectivity index (χ1) is 7.15.